The van der Waals surface area contributed by atoms with Gasteiger partial charge in [-0.3, -0.25) is 0 Å². The fourth-order valence-corrected chi connectivity index (χ4v) is 3.90. The molecular weight excluding hydrogens is 269 g/mol. The van der Waals surface area contributed by atoms with Crippen LogP contribution in [0.2, 0.25) is 0 Å². The second-order valence-electron chi connectivity index (χ2n) is 5.16. The molecule has 0 amide bonds. The minimum absolute atomic E-state index is 0.0610. The summed E-state index contributed by atoms with van der Waals surface area (Å²) >= 11 is 0. The first-order valence-electron chi connectivity index (χ1n) is 6.27. The molecule has 0 aromatic heterocycles. The van der Waals surface area contributed by atoms with Gasteiger partial charge in [0, 0.05) is 13.1 Å². The fraction of sp³-hybridized carbons (Fsp3) is 0.538. The van der Waals surface area contributed by atoms with E-state index in [-0.39, 0.29) is 18.0 Å². The van der Waals surface area contributed by atoms with Crippen molar-refractivity contribution in [3.8, 4) is 0 Å². The Bertz CT molecular complexity index is 580. The first-order chi connectivity index (χ1) is 8.78. The Hall–Kier alpha value is -0.980. The molecule has 0 spiro atoms. The quantitative estimate of drug-likeness (QED) is 0.916. The predicted molar refractivity (Wildman–Crippen MR) is 69.8 cm³/mol. The van der Waals surface area contributed by atoms with Gasteiger partial charge in [0.25, 0.3) is 0 Å². The van der Waals surface area contributed by atoms with Crippen LogP contribution in [0.3, 0.4) is 0 Å². The SMILES string of the molecule is CCCC1(O)CN(S(=O)(=O)c2ccc(C)c(F)c2)C1. The lowest BCUT2D eigenvalue weighted by molar-refractivity contribution is -0.0653. The van der Waals surface area contributed by atoms with E-state index >= 15 is 0 Å². The average Bonchev–Trinajstić information content (AvgIpc) is 2.29. The number of sulfonamides is 1. The van der Waals surface area contributed by atoms with Crippen molar-refractivity contribution >= 4 is 10.0 Å². The molecule has 0 aliphatic carbocycles. The van der Waals surface area contributed by atoms with Gasteiger partial charge < -0.3 is 5.11 Å². The third-order valence-electron chi connectivity index (χ3n) is 3.44. The average molecular weight is 287 g/mol. The van der Waals surface area contributed by atoms with Crippen LogP contribution in [0.4, 0.5) is 4.39 Å². The maximum atomic E-state index is 13.4. The lowest BCUT2D eigenvalue weighted by Crippen LogP contribution is -2.63. The Kier molecular flexibility index (Phi) is 3.68. The van der Waals surface area contributed by atoms with E-state index < -0.39 is 21.4 Å². The molecule has 4 nitrogen and oxygen atoms in total. The Morgan fingerprint density at radius 1 is 1.42 bits per heavy atom. The normalized spacial score (nSPS) is 19.2. The molecular formula is C13H18FNO3S. The first-order valence-corrected chi connectivity index (χ1v) is 7.71. The number of nitrogens with zero attached hydrogens (tertiary/aromatic N) is 1. The van der Waals surface area contributed by atoms with E-state index in [4.69, 9.17) is 0 Å². The number of benzene rings is 1. The second kappa shape index (κ2) is 4.85. The molecule has 1 fully saturated rings. The van der Waals surface area contributed by atoms with E-state index in [2.05, 4.69) is 0 Å². The van der Waals surface area contributed by atoms with Gasteiger partial charge in [-0.25, -0.2) is 12.8 Å². The summed E-state index contributed by atoms with van der Waals surface area (Å²) in [5.41, 5.74) is -0.518. The maximum absolute atomic E-state index is 13.4. The van der Waals surface area contributed by atoms with Crippen LogP contribution in [0.1, 0.15) is 25.3 Å². The number of β-amino-alcohol motifs (C(OH)–C–C–N with tert-alkyl or cyclic N) is 1. The summed E-state index contributed by atoms with van der Waals surface area (Å²) < 4.78 is 39.1. The van der Waals surface area contributed by atoms with Crippen LogP contribution < -0.4 is 0 Å². The van der Waals surface area contributed by atoms with Gasteiger partial charge in [0.2, 0.25) is 10.0 Å². The lowest BCUT2D eigenvalue weighted by atomic mass is 9.92. The maximum Gasteiger partial charge on any atom is 0.243 e. The number of hydrogen-bond acceptors (Lipinski definition) is 3. The molecule has 6 heteroatoms. The summed E-state index contributed by atoms with van der Waals surface area (Å²) in [6.07, 6.45) is 1.37. The molecule has 0 saturated carbocycles. The van der Waals surface area contributed by atoms with Crippen LogP contribution in [0.15, 0.2) is 23.1 Å². The van der Waals surface area contributed by atoms with Crippen molar-refractivity contribution in [3.63, 3.8) is 0 Å². The number of rotatable bonds is 4. The number of hydrogen-bond donors (Lipinski definition) is 1. The van der Waals surface area contributed by atoms with Crippen molar-refractivity contribution in [3.05, 3.63) is 29.6 Å². The molecule has 1 saturated heterocycles. The van der Waals surface area contributed by atoms with Gasteiger partial charge in [-0.15, -0.1) is 0 Å². The summed E-state index contributed by atoms with van der Waals surface area (Å²) in [6.45, 7) is 3.68. The van der Waals surface area contributed by atoms with Crippen molar-refractivity contribution < 1.29 is 17.9 Å². The lowest BCUT2D eigenvalue weighted by Gasteiger charge is -2.45. The monoisotopic (exact) mass is 287 g/mol. The van der Waals surface area contributed by atoms with E-state index in [9.17, 15) is 17.9 Å². The van der Waals surface area contributed by atoms with Crippen LogP contribution in [0, 0.1) is 12.7 Å². The van der Waals surface area contributed by atoms with Crippen LogP contribution in [-0.2, 0) is 10.0 Å². The Labute approximate surface area is 112 Å². The smallest absolute Gasteiger partial charge is 0.243 e. The summed E-state index contributed by atoms with van der Waals surface area (Å²) in [5, 5.41) is 10.0. The Balaban J connectivity index is 2.19. The first kappa shape index (κ1) is 14.4. The zero-order valence-corrected chi connectivity index (χ0v) is 11.9. The minimum atomic E-state index is -3.70. The molecule has 1 N–H and O–H groups in total. The third-order valence-corrected chi connectivity index (χ3v) is 5.23. The molecule has 106 valence electrons. The summed E-state index contributed by atoms with van der Waals surface area (Å²) in [7, 11) is -3.70. The molecule has 0 bridgehead atoms. The van der Waals surface area contributed by atoms with Gasteiger partial charge in [-0.05, 0) is 31.0 Å². The number of halogens is 1. The highest BCUT2D eigenvalue weighted by Gasteiger charge is 2.46. The standard InChI is InChI=1S/C13H18FNO3S/c1-3-6-13(16)8-15(9-13)19(17,18)11-5-4-10(2)12(14)7-11/h4-5,7,16H,3,6,8-9H2,1-2H3. The highest BCUT2D eigenvalue weighted by Crippen LogP contribution is 2.31. The second-order valence-corrected chi connectivity index (χ2v) is 7.10. The zero-order valence-electron chi connectivity index (χ0n) is 11.1. The highest BCUT2D eigenvalue weighted by atomic mass is 32.2. The summed E-state index contributed by atoms with van der Waals surface area (Å²) in [5.74, 6) is -0.537. The molecule has 0 atom stereocenters. The van der Waals surface area contributed by atoms with E-state index in [0.717, 1.165) is 12.5 Å². The summed E-state index contributed by atoms with van der Waals surface area (Å²) in [6, 6.07) is 3.87. The predicted octanol–water partition coefficient (Wildman–Crippen LogP) is 1.67. The van der Waals surface area contributed by atoms with E-state index in [0.29, 0.717) is 12.0 Å². The van der Waals surface area contributed by atoms with E-state index in [1.54, 1.807) is 6.92 Å². The van der Waals surface area contributed by atoms with Crippen molar-refractivity contribution in [2.45, 2.75) is 37.2 Å². The molecule has 0 radical (unpaired) electrons. The summed E-state index contributed by atoms with van der Waals surface area (Å²) in [4.78, 5) is -0.0610. The van der Waals surface area contributed by atoms with Crippen molar-refractivity contribution in [2.24, 2.45) is 0 Å². The third kappa shape index (κ3) is 2.66. The van der Waals surface area contributed by atoms with Crippen molar-refractivity contribution in [1.82, 2.24) is 4.31 Å². The van der Waals surface area contributed by atoms with Gasteiger partial charge >= 0.3 is 0 Å². The van der Waals surface area contributed by atoms with Gasteiger partial charge in [-0.2, -0.15) is 4.31 Å². The zero-order chi connectivity index (χ0) is 14.3. The highest BCUT2D eigenvalue weighted by molar-refractivity contribution is 7.89. The molecule has 1 heterocycles. The van der Waals surface area contributed by atoms with Gasteiger partial charge in [0.15, 0.2) is 0 Å². The van der Waals surface area contributed by atoms with Crippen molar-refractivity contribution in [1.29, 1.82) is 0 Å². The van der Waals surface area contributed by atoms with Crippen LogP contribution >= 0.6 is 0 Å². The molecule has 1 aliphatic rings. The van der Waals surface area contributed by atoms with Gasteiger partial charge in [-0.1, -0.05) is 19.4 Å². The molecule has 2 rings (SSSR count). The number of aliphatic hydroxyl groups is 1. The molecule has 19 heavy (non-hydrogen) atoms. The Morgan fingerprint density at radius 3 is 2.58 bits per heavy atom. The van der Waals surface area contributed by atoms with Crippen molar-refractivity contribution in [2.75, 3.05) is 13.1 Å². The molecule has 1 aromatic rings. The number of aryl methyl sites for hydroxylation is 1. The fourth-order valence-electron chi connectivity index (χ4n) is 2.29. The molecule has 1 aromatic carbocycles. The van der Waals surface area contributed by atoms with E-state index in [1.165, 1.54) is 16.4 Å². The molecule has 0 unspecified atom stereocenters. The Morgan fingerprint density at radius 2 is 2.05 bits per heavy atom. The topological polar surface area (TPSA) is 57.6 Å². The van der Waals surface area contributed by atoms with Gasteiger partial charge in [0.1, 0.15) is 5.82 Å². The van der Waals surface area contributed by atoms with Gasteiger partial charge in [0.05, 0.1) is 10.5 Å². The minimum Gasteiger partial charge on any atom is -0.387 e. The van der Waals surface area contributed by atoms with E-state index in [1.807, 2.05) is 6.92 Å². The van der Waals surface area contributed by atoms with Crippen LogP contribution in [-0.4, -0.2) is 36.5 Å². The largest absolute Gasteiger partial charge is 0.387 e. The molecule has 1 aliphatic heterocycles. The van der Waals surface area contributed by atoms with Crippen LogP contribution in [0.25, 0.3) is 0 Å². The van der Waals surface area contributed by atoms with Crippen LogP contribution in [0.5, 0.6) is 0 Å².